The lowest BCUT2D eigenvalue weighted by Crippen LogP contribution is -2.05. The van der Waals surface area contributed by atoms with Crippen LogP contribution < -0.4 is 4.74 Å². The van der Waals surface area contributed by atoms with E-state index < -0.39 is 5.82 Å². The SMILES string of the molecule is Cc1nn(C)c(C)c1CCOc1c(F)cccc1-c1ccc2c(c1)c(C=O)nn2C. The van der Waals surface area contributed by atoms with Crippen LogP contribution in [0.3, 0.4) is 0 Å². The molecule has 6 nitrogen and oxygen atoms in total. The highest BCUT2D eigenvalue weighted by atomic mass is 19.1. The van der Waals surface area contributed by atoms with Gasteiger partial charge in [0.2, 0.25) is 0 Å². The van der Waals surface area contributed by atoms with E-state index in [1.54, 1.807) is 17.8 Å². The Morgan fingerprint density at radius 2 is 1.90 bits per heavy atom. The fourth-order valence-corrected chi connectivity index (χ4v) is 3.86. The van der Waals surface area contributed by atoms with E-state index in [4.69, 9.17) is 4.74 Å². The average molecular weight is 406 g/mol. The Hall–Kier alpha value is -3.48. The molecule has 0 aliphatic rings. The first-order valence-electron chi connectivity index (χ1n) is 9.73. The second-order valence-electron chi connectivity index (χ2n) is 7.35. The van der Waals surface area contributed by atoms with Gasteiger partial charge in [-0.3, -0.25) is 14.2 Å². The van der Waals surface area contributed by atoms with Gasteiger partial charge in [0.15, 0.2) is 17.9 Å². The Labute approximate surface area is 173 Å². The van der Waals surface area contributed by atoms with Crippen molar-refractivity contribution in [1.82, 2.24) is 19.6 Å². The standard InChI is InChI=1S/C23H23FN4O2/c1-14-17(15(2)27(3)25-14)10-11-30-23-18(6-5-7-20(23)24)16-8-9-22-19(12-16)21(13-29)26-28(22)4/h5-9,12-13H,10-11H2,1-4H3. The van der Waals surface area contributed by atoms with E-state index in [9.17, 15) is 9.18 Å². The van der Waals surface area contributed by atoms with Crippen LogP contribution >= 0.6 is 0 Å². The maximum absolute atomic E-state index is 14.7. The second-order valence-corrected chi connectivity index (χ2v) is 7.35. The van der Waals surface area contributed by atoms with Gasteiger partial charge in [0.1, 0.15) is 5.69 Å². The zero-order valence-corrected chi connectivity index (χ0v) is 17.4. The summed E-state index contributed by atoms with van der Waals surface area (Å²) in [5, 5.41) is 9.36. The van der Waals surface area contributed by atoms with Crippen LogP contribution in [0.4, 0.5) is 4.39 Å². The third kappa shape index (κ3) is 3.36. The van der Waals surface area contributed by atoms with Crippen LogP contribution in [-0.4, -0.2) is 32.5 Å². The summed E-state index contributed by atoms with van der Waals surface area (Å²) in [6.45, 7) is 4.30. The lowest BCUT2D eigenvalue weighted by atomic mass is 10.0. The highest BCUT2D eigenvalue weighted by Gasteiger charge is 2.16. The zero-order valence-electron chi connectivity index (χ0n) is 17.4. The van der Waals surface area contributed by atoms with Crippen molar-refractivity contribution in [1.29, 1.82) is 0 Å². The number of ether oxygens (including phenoxy) is 1. The molecule has 4 aromatic rings. The fourth-order valence-electron chi connectivity index (χ4n) is 3.86. The number of rotatable bonds is 6. The van der Waals surface area contributed by atoms with E-state index in [1.165, 1.54) is 6.07 Å². The lowest BCUT2D eigenvalue weighted by molar-refractivity contribution is 0.111. The van der Waals surface area contributed by atoms with Crippen LogP contribution in [0.5, 0.6) is 5.75 Å². The number of hydrogen-bond donors (Lipinski definition) is 0. The van der Waals surface area contributed by atoms with Crippen LogP contribution in [0.15, 0.2) is 36.4 Å². The normalized spacial score (nSPS) is 11.2. The number of carbonyl (C=O) groups is 1. The third-order valence-electron chi connectivity index (χ3n) is 5.53. The van der Waals surface area contributed by atoms with Crippen molar-refractivity contribution in [3.8, 4) is 16.9 Å². The fraction of sp³-hybridized carbons (Fsp3) is 0.261. The summed E-state index contributed by atoms with van der Waals surface area (Å²) in [7, 11) is 3.69. The minimum Gasteiger partial charge on any atom is -0.490 e. The van der Waals surface area contributed by atoms with Crippen LogP contribution in [0.2, 0.25) is 0 Å². The zero-order chi connectivity index (χ0) is 21.4. The maximum atomic E-state index is 14.7. The lowest BCUT2D eigenvalue weighted by Gasteiger charge is -2.13. The minimum atomic E-state index is -0.422. The predicted octanol–water partition coefficient (Wildman–Crippen LogP) is 4.16. The van der Waals surface area contributed by atoms with Gasteiger partial charge in [-0.05, 0) is 43.2 Å². The van der Waals surface area contributed by atoms with Gasteiger partial charge < -0.3 is 4.74 Å². The molecule has 0 unspecified atom stereocenters. The van der Waals surface area contributed by atoms with Crippen molar-refractivity contribution in [3.05, 3.63) is 64.9 Å². The van der Waals surface area contributed by atoms with Crippen LogP contribution in [0, 0.1) is 19.7 Å². The van der Waals surface area contributed by atoms with E-state index in [1.807, 2.05) is 49.8 Å². The molecule has 0 saturated carbocycles. The Morgan fingerprint density at radius 3 is 2.60 bits per heavy atom. The number of nitrogens with zero attached hydrogens (tertiary/aromatic N) is 4. The number of aryl methyl sites for hydroxylation is 3. The number of halogens is 1. The molecule has 0 aliphatic carbocycles. The molecule has 4 rings (SSSR count). The number of carbonyl (C=O) groups excluding carboxylic acids is 1. The summed E-state index contributed by atoms with van der Waals surface area (Å²) >= 11 is 0. The van der Waals surface area contributed by atoms with Crippen molar-refractivity contribution in [2.24, 2.45) is 14.1 Å². The minimum absolute atomic E-state index is 0.201. The van der Waals surface area contributed by atoms with Crippen molar-refractivity contribution in [2.45, 2.75) is 20.3 Å². The van der Waals surface area contributed by atoms with Gasteiger partial charge in [0.05, 0.1) is 17.8 Å². The first-order chi connectivity index (χ1) is 14.4. The predicted molar refractivity (Wildman–Crippen MR) is 113 cm³/mol. The molecule has 0 aliphatic heterocycles. The van der Waals surface area contributed by atoms with Gasteiger partial charge in [-0.2, -0.15) is 10.2 Å². The monoisotopic (exact) mass is 406 g/mol. The summed E-state index contributed by atoms with van der Waals surface area (Å²) < 4.78 is 24.1. The summed E-state index contributed by atoms with van der Waals surface area (Å²) in [5.74, 6) is -0.221. The molecule has 0 amide bonds. The van der Waals surface area contributed by atoms with Crippen LogP contribution in [0.1, 0.15) is 27.4 Å². The molecule has 0 N–H and O–H groups in total. The number of hydrogen-bond acceptors (Lipinski definition) is 4. The molecule has 0 spiro atoms. The maximum Gasteiger partial charge on any atom is 0.170 e. The quantitative estimate of drug-likeness (QED) is 0.451. The molecular weight excluding hydrogens is 383 g/mol. The number of aldehydes is 1. The molecule has 154 valence electrons. The number of fused-ring (bicyclic) bond motifs is 1. The average Bonchev–Trinajstić information content (AvgIpc) is 3.18. The molecule has 0 fully saturated rings. The smallest absolute Gasteiger partial charge is 0.170 e. The van der Waals surface area contributed by atoms with E-state index in [2.05, 4.69) is 10.2 Å². The molecule has 0 atom stereocenters. The van der Waals surface area contributed by atoms with Gasteiger partial charge in [-0.1, -0.05) is 18.2 Å². The Bertz CT molecular complexity index is 1260. The Kier molecular flexibility index (Phi) is 5.11. The van der Waals surface area contributed by atoms with Crippen LogP contribution in [0.25, 0.3) is 22.0 Å². The van der Waals surface area contributed by atoms with Gasteiger partial charge in [0.25, 0.3) is 0 Å². The molecular formula is C23H23FN4O2. The van der Waals surface area contributed by atoms with Gasteiger partial charge >= 0.3 is 0 Å². The number of aromatic nitrogens is 4. The van der Waals surface area contributed by atoms with E-state index in [0.717, 1.165) is 39.7 Å². The third-order valence-corrected chi connectivity index (χ3v) is 5.53. The topological polar surface area (TPSA) is 61.9 Å². The molecule has 7 heteroatoms. The molecule has 2 heterocycles. The molecule has 30 heavy (non-hydrogen) atoms. The highest BCUT2D eigenvalue weighted by Crippen LogP contribution is 2.34. The van der Waals surface area contributed by atoms with E-state index >= 15 is 0 Å². The van der Waals surface area contributed by atoms with Gasteiger partial charge in [0, 0.05) is 37.2 Å². The molecule has 0 bridgehead atoms. The summed E-state index contributed by atoms with van der Waals surface area (Å²) in [6, 6.07) is 10.5. The Morgan fingerprint density at radius 1 is 1.10 bits per heavy atom. The summed E-state index contributed by atoms with van der Waals surface area (Å²) in [4.78, 5) is 11.4. The molecule has 0 saturated heterocycles. The van der Waals surface area contributed by atoms with Crippen molar-refractivity contribution in [2.75, 3.05) is 6.61 Å². The number of benzene rings is 2. The molecule has 2 aromatic heterocycles. The summed E-state index contributed by atoms with van der Waals surface area (Å²) in [6.07, 6.45) is 1.36. The first kappa shape index (κ1) is 19.8. The van der Waals surface area contributed by atoms with Gasteiger partial charge in [-0.15, -0.1) is 0 Å². The molecule has 0 radical (unpaired) electrons. The van der Waals surface area contributed by atoms with E-state index in [-0.39, 0.29) is 5.75 Å². The molecule has 2 aromatic carbocycles. The first-order valence-corrected chi connectivity index (χ1v) is 9.73. The second kappa shape index (κ2) is 7.74. The van der Waals surface area contributed by atoms with Crippen molar-refractivity contribution in [3.63, 3.8) is 0 Å². The largest absolute Gasteiger partial charge is 0.490 e. The summed E-state index contributed by atoms with van der Waals surface area (Å²) in [5.41, 5.74) is 5.74. The highest BCUT2D eigenvalue weighted by molar-refractivity contribution is 5.97. The van der Waals surface area contributed by atoms with Crippen molar-refractivity contribution < 1.29 is 13.9 Å². The van der Waals surface area contributed by atoms with Crippen LogP contribution in [-0.2, 0) is 20.5 Å². The number of para-hydroxylation sites is 1. The van der Waals surface area contributed by atoms with E-state index in [0.29, 0.717) is 24.3 Å². The Balaban J connectivity index is 1.66. The van der Waals surface area contributed by atoms with Gasteiger partial charge in [-0.25, -0.2) is 4.39 Å². The van der Waals surface area contributed by atoms with Crippen molar-refractivity contribution >= 4 is 17.2 Å².